The lowest BCUT2D eigenvalue weighted by Gasteiger charge is -2.06. The van der Waals surface area contributed by atoms with Gasteiger partial charge in [0.2, 0.25) is 0 Å². The Bertz CT molecular complexity index is 594. The van der Waals surface area contributed by atoms with E-state index in [1.807, 2.05) is 0 Å². The van der Waals surface area contributed by atoms with Crippen LogP contribution in [0.25, 0.3) is 0 Å². The number of unbranched alkanes of at least 4 members (excludes halogenated alkanes) is 10. The summed E-state index contributed by atoms with van der Waals surface area (Å²) in [5.74, 6) is -2.72. The Labute approximate surface area is 162 Å². The van der Waals surface area contributed by atoms with Gasteiger partial charge in [-0.05, 0) is 18.6 Å². The summed E-state index contributed by atoms with van der Waals surface area (Å²) in [6, 6.07) is 5.72. The van der Waals surface area contributed by atoms with E-state index in [4.69, 9.17) is 9.84 Å². The van der Waals surface area contributed by atoms with E-state index in [9.17, 15) is 14.4 Å². The van der Waals surface area contributed by atoms with E-state index in [0.29, 0.717) is 6.42 Å². The molecule has 0 unspecified atom stereocenters. The molecule has 1 aromatic rings. The number of esters is 2. The Balaban J connectivity index is 2.13. The molecule has 0 aliphatic heterocycles. The van der Waals surface area contributed by atoms with Crippen LogP contribution in [0.15, 0.2) is 24.3 Å². The van der Waals surface area contributed by atoms with Crippen LogP contribution in [0, 0.1) is 0 Å². The Hall–Kier alpha value is -2.17. The van der Waals surface area contributed by atoms with Gasteiger partial charge in [-0.1, -0.05) is 83.3 Å². The second-order valence-electron chi connectivity index (χ2n) is 6.90. The van der Waals surface area contributed by atoms with E-state index in [2.05, 4.69) is 6.92 Å². The normalized spacial score (nSPS) is 10.6. The van der Waals surface area contributed by atoms with Crippen LogP contribution in [0.4, 0.5) is 0 Å². The molecule has 0 atom stereocenters. The third kappa shape index (κ3) is 9.92. The summed E-state index contributed by atoms with van der Waals surface area (Å²) in [4.78, 5) is 34.9. The van der Waals surface area contributed by atoms with Crippen molar-refractivity contribution in [3.63, 3.8) is 0 Å². The van der Waals surface area contributed by atoms with Gasteiger partial charge >= 0.3 is 17.9 Å². The minimum Gasteiger partial charge on any atom is -0.478 e. The van der Waals surface area contributed by atoms with Gasteiger partial charge in [0, 0.05) is 6.42 Å². The largest absolute Gasteiger partial charge is 0.478 e. The lowest BCUT2D eigenvalue weighted by Crippen LogP contribution is -2.15. The minimum absolute atomic E-state index is 0.0997. The van der Waals surface area contributed by atoms with Gasteiger partial charge in [0.05, 0.1) is 11.1 Å². The molecule has 1 rings (SSSR count). The molecule has 0 spiro atoms. The molecule has 0 aromatic heterocycles. The SMILES string of the molecule is CCCCCCCCCCCCCC(=O)OC(=O)c1ccccc1C(=O)O. The Morgan fingerprint density at radius 1 is 0.778 bits per heavy atom. The van der Waals surface area contributed by atoms with Crippen LogP contribution in [-0.4, -0.2) is 23.0 Å². The van der Waals surface area contributed by atoms with Crippen molar-refractivity contribution in [3.05, 3.63) is 35.4 Å². The number of carbonyl (C=O) groups is 3. The quantitative estimate of drug-likeness (QED) is 0.253. The van der Waals surface area contributed by atoms with E-state index in [0.717, 1.165) is 12.8 Å². The predicted octanol–water partition coefficient (Wildman–Crippen LogP) is 5.77. The van der Waals surface area contributed by atoms with Gasteiger partial charge in [0.15, 0.2) is 0 Å². The number of rotatable bonds is 14. The van der Waals surface area contributed by atoms with E-state index >= 15 is 0 Å². The van der Waals surface area contributed by atoms with E-state index in [1.54, 1.807) is 0 Å². The van der Waals surface area contributed by atoms with Gasteiger partial charge in [-0.2, -0.15) is 0 Å². The van der Waals surface area contributed by atoms with Crippen molar-refractivity contribution in [2.75, 3.05) is 0 Å². The number of ether oxygens (including phenoxy) is 1. The van der Waals surface area contributed by atoms with Gasteiger partial charge in [-0.3, -0.25) is 4.79 Å². The highest BCUT2D eigenvalue weighted by Crippen LogP contribution is 2.14. The summed E-state index contributed by atoms with van der Waals surface area (Å²) in [6.45, 7) is 2.22. The summed E-state index contributed by atoms with van der Waals surface area (Å²) < 4.78 is 4.78. The summed E-state index contributed by atoms with van der Waals surface area (Å²) >= 11 is 0. The van der Waals surface area contributed by atoms with Gasteiger partial charge in [0.1, 0.15) is 0 Å². The molecule has 1 N–H and O–H groups in total. The summed E-state index contributed by atoms with van der Waals surface area (Å²) in [7, 11) is 0. The standard InChI is InChI=1S/C22H32O5/c1-2-3-4-5-6-7-8-9-10-11-12-17-20(23)27-22(26)19-16-14-13-15-18(19)21(24)25/h13-16H,2-12,17H2,1H3,(H,24,25). The highest BCUT2D eigenvalue weighted by molar-refractivity contribution is 6.05. The predicted molar refractivity (Wildman–Crippen MR) is 105 cm³/mol. The van der Waals surface area contributed by atoms with Crippen LogP contribution in [0.2, 0.25) is 0 Å². The van der Waals surface area contributed by atoms with Gasteiger partial charge in [-0.15, -0.1) is 0 Å². The van der Waals surface area contributed by atoms with Crippen molar-refractivity contribution in [2.45, 2.75) is 84.0 Å². The van der Waals surface area contributed by atoms with Crippen molar-refractivity contribution in [2.24, 2.45) is 0 Å². The molecule has 0 bridgehead atoms. The molecule has 0 aliphatic carbocycles. The zero-order valence-electron chi connectivity index (χ0n) is 16.4. The fourth-order valence-corrected chi connectivity index (χ4v) is 2.99. The van der Waals surface area contributed by atoms with Gasteiger partial charge in [0.25, 0.3) is 0 Å². The first-order valence-electron chi connectivity index (χ1n) is 10.1. The number of carboxylic acid groups (broad SMARTS) is 1. The molecule has 27 heavy (non-hydrogen) atoms. The lowest BCUT2D eigenvalue weighted by atomic mass is 10.1. The Morgan fingerprint density at radius 2 is 1.26 bits per heavy atom. The zero-order valence-corrected chi connectivity index (χ0v) is 16.4. The minimum atomic E-state index is -1.22. The first-order chi connectivity index (χ1) is 13.1. The molecular formula is C22H32O5. The summed E-state index contributed by atoms with van der Waals surface area (Å²) in [5, 5.41) is 9.07. The van der Waals surface area contributed by atoms with E-state index in [1.165, 1.54) is 75.6 Å². The van der Waals surface area contributed by atoms with Crippen molar-refractivity contribution >= 4 is 17.9 Å². The van der Waals surface area contributed by atoms with Crippen molar-refractivity contribution < 1.29 is 24.2 Å². The number of benzene rings is 1. The lowest BCUT2D eigenvalue weighted by molar-refractivity contribution is -0.138. The van der Waals surface area contributed by atoms with Crippen molar-refractivity contribution in [1.82, 2.24) is 0 Å². The maximum Gasteiger partial charge on any atom is 0.346 e. The molecule has 0 heterocycles. The molecule has 0 amide bonds. The second-order valence-corrected chi connectivity index (χ2v) is 6.90. The second kappa shape index (κ2) is 14.0. The molecule has 0 fully saturated rings. The monoisotopic (exact) mass is 376 g/mol. The van der Waals surface area contributed by atoms with Crippen LogP contribution >= 0.6 is 0 Å². The molecule has 5 nitrogen and oxygen atoms in total. The highest BCUT2D eigenvalue weighted by Gasteiger charge is 2.19. The summed E-state index contributed by atoms with van der Waals surface area (Å²) in [6.07, 6.45) is 13.2. The fourth-order valence-electron chi connectivity index (χ4n) is 2.99. The number of carbonyl (C=O) groups excluding carboxylic acids is 2. The maximum atomic E-state index is 12.0. The number of aromatic carboxylic acids is 1. The number of hydrogen-bond donors (Lipinski definition) is 1. The van der Waals surface area contributed by atoms with Crippen molar-refractivity contribution in [3.8, 4) is 0 Å². The van der Waals surface area contributed by atoms with Gasteiger partial charge < -0.3 is 9.84 Å². The number of hydrogen-bond acceptors (Lipinski definition) is 4. The molecule has 0 radical (unpaired) electrons. The highest BCUT2D eigenvalue weighted by atomic mass is 16.6. The fraction of sp³-hybridized carbons (Fsp3) is 0.591. The van der Waals surface area contributed by atoms with Gasteiger partial charge in [-0.25, -0.2) is 9.59 Å². The van der Waals surface area contributed by atoms with E-state index in [-0.39, 0.29) is 17.5 Å². The Kier molecular flexibility index (Phi) is 11.8. The molecule has 0 saturated heterocycles. The van der Waals surface area contributed by atoms with Crippen molar-refractivity contribution in [1.29, 1.82) is 0 Å². The smallest absolute Gasteiger partial charge is 0.346 e. The van der Waals surface area contributed by atoms with Crippen LogP contribution < -0.4 is 0 Å². The maximum absolute atomic E-state index is 12.0. The average molecular weight is 376 g/mol. The summed E-state index contributed by atoms with van der Waals surface area (Å²) in [5.41, 5.74) is -0.262. The third-order valence-corrected chi connectivity index (χ3v) is 4.57. The van der Waals surface area contributed by atoms with Crippen LogP contribution in [-0.2, 0) is 9.53 Å². The first kappa shape index (κ1) is 22.9. The third-order valence-electron chi connectivity index (χ3n) is 4.57. The molecule has 5 heteroatoms. The topological polar surface area (TPSA) is 80.7 Å². The Morgan fingerprint density at radius 3 is 1.78 bits per heavy atom. The molecule has 0 saturated carbocycles. The molecule has 1 aromatic carbocycles. The average Bonchev–Trinajstić information content (AvgIpc) is 2.66. The molecule has 0 aliphatic rings. The molecule has 150 valence electrons. The zero-order chi connectivity index (χ0) is 19.9. The van der Waals surface area contributed by atoms with E-state index < -0.39 is 17.9 Å². The number of carboxylic acids is 1. The van der Waals surface area contributed by atoms with Crippen LogP contribution in [0.5, 0.6) is 0 Å². The van der Waals surface area contributed by atoms with Crippen LogP contribution in [0.1, 0.15) is 105 Å². The van der Waals surface area contributed by atoms with Crippen LogP contribution in [0.3, 0.4) is 0 Å². The first-order valence-corrected chi connectivity index (χ1v) is 10.1. The molecular weight excluding hydrogens is 344 g/mol.